The molecule has 4 heteroatoms. The third-order valence-corrected chi connectivity index (χ3v) is 4.84. The van der Waals surface area contributed by atoms with E-state index in [4.69, 9.17) is 4.74 Å². The van der Waals surface area contributed by atoms with Crippen molar-refractivity contribution >= 4 is 17.7 Å². The first-order valence-electron chi connectivity index (χ1n) is 6.64. The van der Waals surface area contributed by atoms with Crippen LogP contribution < -0.4 is 5.32 Å². The molecule has 0 heterocycles. The maximum Gasteiger partial charge on any atom is 0.319 e. The minimum Gasteiger partial charge on any atom is -0.465 e. The topological polar surface area (TPSA) is 38.3 Å². The number of unbranched alkanes of at least 4 members (excludes halogenated alkanes) is 1. The van der Waals surface area contributed by atoms with Gasteiger partial charge in [-0.25, -0.2) is 0 Å². The Hall–Kier alpha value is -0.220. The molecule has 0 aromatic rings. The smallest absolute Gasteiger partial charge is 0.319 e. The molecule has 100 valence electrons. The zero-order valence-corrected chi connectivity index (χ0v) is 11.9. The van der Waals surface area contributed by atoms with Crippen molar-refractivity contribution in [3.8, 4) is 0 Å². The Bertz CT molecular complexity index is 227. The van der Waals surface area contributed by atoms with Gasteiger partial charge in [-0.05, 0) is 25.5 Å². The molecule has 0 unspecified atom stereocenters. The van der Waals surface area contributed by atoms with Crippen LogP contribution in [0.1, 0.15) is 45.4 Å². The van der Waals surface area contributed by atoms with Crippen molar-refractivity contribution < 1.29 is 9.53 Å². The van der Waals surface area contributed by atoms with Gasteiger partial charge in [0.05, 0.1) is 13.2 Å². The van der Waals surface area contributed by atoms with Crippen LogP contribution in [-0.2, 0) is 9.53 Å². The highest BCUT2D eigenvalue weighted by atomic mass is 32.2. The standard InChI is InChI=1S/C13H25NO2S/c1-3-4-9-16-12(15)10-14-11-13(17-2)7-5-6-8-13/h14H,3-11H2,1-2H3. The zero-order valence-electron chi connectivity index (χ0n) is 11.1. The van der Waals surface area contributed by atoms with Gasteiger partial charge in [0.1, 0.15) is 0 Å². The van der Waals surface area contributed by atoms with Crippen molar-refractivity contribution in [1.29, 1.82) is 0 Å². The molecular formula is C13H25NO2S. The van der Waals surface area contributed by atoms with Crippen LogP contribution in [0.3, 0.4) is 0 Å². The highest BCUT2D eigenvalue weighted by Gasteiger charge is 2.32. The molecular weight excluding hydrogens is 234 g/mol. The fourth-order valence-corrected chi connectivity index (χ4v) is 3.19. The van der Waals surface area contributed by atoms with E-state index in [0.29, 0.717) is 17.9 Å². The van der Waals surface area contributed by atoms with Crippen LogP contribution in [0, 0.1) is 0 Å². The molecule has 0 saturated heterocycles. The Morgan fingerprint density at radius 3 is 2.71 bits per heavy atom. The van der Waals surface area contributed by atoms with Gasteiger partial charge in [0.25, 0.3) is 0 Å². The largest absolute Gasteiger partial charge is 0.465 e. The van der Waals surface area contributed by atoms with E-state index < -0.39 is 0 Å². The summed E-state index contributed by atoms with van der Waals surface area (Å²) < 4.78 is 5.47. The summed E-state index contributed by atoms with van der Waals surface area (Å²) in [6, 6.07) is 0. The summed E-state index contributed by atoms with van der Waals surface area (Å²) in [5.74, 6) is -0.118. The minimum absolute atomic E-state index is 0.118. The van der Waals surface area contributed by atoms with Crippen LogP contribution >= 0.6 is 11.8 Å². The normalized spacial score (nSPS) is 18.2. The van der Waals surface area contributed by atoms with Crippen molar-refractivity contribution in [3.05, 3.63) is 0 Å². The van der Waals surface area contributed by atoms with Crippen LogP contribution in [0.4, 0.5) is 0 Å². The van der Waals surface area contributed by atoms with Crippen molar-refractivity contribution in [3.63, 3.8) is 0 Å². The van der Waals surface area contributed by atoms with Crippen molar-refractivity contribution in [1.82, 2.24) is 5.32 Å². The van der Waals surface area contributed by atoms with Crippen molar-refractivity contribution in [2.75, 3.05) is 26.0 Å². The lowest BCUT2D eigenvalue weighted by atomic mass is 10.1. The zero-order chi connectivity index (χ0) is 12.6. The quantitative estimate of drug-likeness (QED) is 0.537. The average Bonchev–Trinajstić information content (AvgIpc) is 2.79. The molecule has 1 aliphatic rings. The lowest BCUT2D eigenvalue weighted by Gasteiger charge is -2.26. The molecule has 1 N–H and O–H groups in total. The molecule has 0 aromatic carbocycles. The summed E-state index contributed by atoms with van der Waals surface area (Å²) in [6.45, 7) is 3.93. The number of rotatable bonds is 8. The molecule has 0 atom stereocenters. The highest BCUT2D eigenvalue weighted by Crippen LogP contribution is 2.39. The minimum atomic E-state index is -0.118. The molecule has 1 aliphatic carbocycles. The Balaban J connectivity index is 2.11. The van der Waals surface area contributed by atoms with Crippen LogP contribution in [0.15, 0.2) is 0 Å². The third kappa shape index (κ3) is 5.30. The molecule has 1 fully saturated rings. The van der Waals surface area contributed by atoms with Crippen molar-refractivity contribution in [2.45, 2.75) is 50.2 Å². The molecule has 3 nitrogen and oxygen atoms in total. The van der Waals surface area contributed by atoms with Crippen LogP contribution in [-0.4, -0.2) is 36.7 Å². The molecule has 0 bridgehead atoms. The predicted molar refractivity (Wildman–Crippen MR) is 73.5 cm³/mol. The Kier molecular flexibility index (Phi) is 6.97. The molecule has 0 aliphatic heterocycles. The molecule has 0 radical (unpaired) electrons. The number of carbonyl (C=O) groups is 1. The van der Waals surface area contributed by atoms with Gasteiger partial charge in [0.15, 0.2) is 0 Å². The van der Waals surface area contributed by atoms with E-state index in [0.717, 1.165) is 19.4 Å². The lowest BCUT2D eigenvalue weighted by Crippen LogP contribution is -2.38. The van der Waals surface area contributed by atoms with Crippen LogP contribution in [0.25, 0.3) is 0 Å². The number of thioether (sulfide) groups is 1. The summed E-state index contributed by atoms with van der Waals surface area (Å²) in [6.07, 6.45) is 9.38. The summed E-state index contributed by atoms with van der Waals surface area (Å²) >= 11 is 1.94. The maximum absolute atomic E-state index is 11.4. The average molecular weight is 259 g/mol. The van der Waals surface area contributed by atoms with Gasteiger partial charge in [0, 0.05) is 11.3 Å². The predicted octanol–water partition coefficient (Wildman–Crippen LogP) is 2.60. The van der Waals surface area contributed by atoms with Gasteiger partial charge in [-0.15, -0.1) is 0 Å². The first kappa shape index (κ1) is 14.8. The number of hydrogen-bond acceptors (Lipinski definition) is 4. The first-order valence-corrected chi connectivity index (χ1v) is 7.86. The van der Waals surface area contributed by atoms with E-state index in [2.05, 4.69) is 18.5 Å². The molecule has 0 aromatic heterocycles. The fraction of sp³-hybridized carbons (Fsp3) is 0.923. The van der Waals surface area contributed by atoms with Crippen LogP contribution in [0.5, 0.6) is 0 Å². The lowest BCUT2D eigenvalue weighted by molar-refractivity contribution is -0.142. The van der Waals surface area contributed by atoms with E-state index >= 15 is 0 Å². The molecule has 1 saturated carbocycles. The second kappa shape index (κ2) is 7.98. The van der Waals surface area contributed by atoms with Gasteiger partial charge < -0.3 is 10.1 Å². The van der Waals surface area contributed by atoms with E-state index in [9.17, 15) is 4.79 Å². The Morgan fingerprint density at radius 1 is 1.41 bits per heavy atom. The Labute approximate surface area is 109 Å². The third-order valence-electron chi connectivity index (χ3n) is 3.43. The van der Waals surface area contributed by atoms with Gasteiger partial charge in [0.2, 0.25) is 0 Å². The van der Waals surface area contributed by atoms with E-state index in [1.165, 1.54) is 25.7 Å². The first-order chi connectivity index (χ1) is 8.22. The Morgan fingerprint density at radius 2 is 2.12 bits per heavy atom. The number of carbonyl (C=O) groups excluding carboxylic acids is 1. The van der Waals surface area contributed by atoms with Crippen molar-refractivity contribution in [2.24, 2.45) is 0 Å². The maximum atomic E-state index is 11.4. The number of nitrogens with one attached hydrogen (secondary N) is 1. The van der Waals surface area contributed by atoms with Gasteiger partial charge >= 0.3 is 5.97 Å². The summed E-state index contributed by atoms with van der Waals surface area (Å²) in [7, 11) is 0. The second-order valence-electron chi connectivity index (χ2n) is 4.77. The van der Waals surface area contributed by atoms with E-state index in [1.54, 1.807) is 0 Å². The summed E-state index contributed by atoms with van der Waals surface area (Å²) in [5.41, 5.74) is 0. The van der Waals surface area contributed by atoms with Gasteiger partial charge in [-0.2, -0.15) is 11.8 Å². The molecule has 17 heavy (non-hydrogen) atoms. The summed E-state index contributed by atoms with van der Waals surface area (Å²) in [5, 5.41) is 3.25. The molecule has 0 spiro atoms. The number of esters is 1. The number of ether oxygens (including phenoxy) is 1. The second-order valence-corrected chi connectivity index (χ2v) is 6.05. The summed E-state index contributed by atoms with van der Waals surface area (Å²) in [4.78, 5) is 11.4. The van der Waals surface area contributed by atoms with Gasteiger partial charge in [-0.3, -0.25) is 4.79 Å². The molecule has 0 amide bonds. The van der Waals surface area contributed by atoms with Crippen LogP contribution in [0.2, 0.25) is 0 Å². The SMILES string of the molecule is CCCCOC(=O)CNCC1(SC)CCCC1. The monoisotopic (exact) mass is 259 g/mol. The van der Waals surface area contributed by atoms with Gasteiger partial charge in [-0.1, -0.05) is 26.2 Å². The van der Waals surface area contributed by atoms with E-state index in [-0.39, 0.29) is 5.97 Å². The fourth-order valence-electron chi connectivity index (χ4n) is 2.25. The highest BCUT2D eigenvalue weighted by molar-refractivity contribution is 8.00. The number of hydrogen-bond donors (Lipinski definition) is 1. The molecule has 1 rings (SSSR count). The van der Waals surface area contributed by atoms with E-state index in [1.807, 2.05) is 11.8 Å².